The van der Waals surface area contributed by atoms with Gasteiger partial charge in [-0.25, -0.2) is 15.0 Å². The molecule has 4 N–H and O–H groups in total. The van der Waals surface area contributed by atoms with Gasteiger partial charge in [0.05, 0.1) is 4.88 Å². The lowest BCUT2D eigenvalue weighted by Gasteiger charge is -2.08. The first-order chi connectivity index (χ1) is 15.7. The molecule has 0 atom stereocenters. The highest BCUT2D eigenvalue weighted by Gasteiger charge is 2.07. The summed E-state index contributed by atoms with van der Waals surface area (Å²) in [5.74, 6) is 1.99. The van der Waals surface area contributed by atoms with Crippen LogP contribution in [0.25, 0.3) is 10.4 Å². The smallest absolute Gasteiger partial charge is 0.207 e. The number of hydrogen-bond donors (Lipinski definition) is 4. The maximum absolute atomic E-state index is 10.2. The Balaban J connectivity index is 0.000000448. The van der Waals surface area contributed by atoms with E-state index in [0.29, 0.717) is 37.0 Å². The predicted molar refractivity (Wildman–Crippen MR) is 131 cm³/mol. The van der Waals surface area contributed by atoms with Crippen LogP contribution in [0.1, 0.15) is 32.5 Å². The minimum Gasteiger partial charge on any atom is -0.368 e. The number of pyridine rings is 1. The molecule has 1 saturated heterocycles. The summed E-state index contributed by atoms with van der Waals surface area (Å²) < 4.78 is 0. The molecule has 172 valence electrons. The van der Waals surface area contributed by atoms with Crippen molar-refractivity contribution >= 4 is 34.5 Å². The lowest BCUT2D eigenvalue weighted by Crippen LogP contribution is -2.21. The lowest BCUT2D eigenvalue weighted by molar-refractivity contribution is -0.109. The van der Waals surface area contributed by atoms with Crippen LogP contribution in [-0.4, -0.2) is 52.5 Å². The molecule has 1 amide bonds. The summed E-state index contributed by atoms with van der Waals surface area (Å²) in [6.45, 7) is 9.43. The van der Waals surface area contributed by atoms with E-state index in [1.54, 1.807) is 18.5 Å². The number of thiazole rings is 1. The van der Waals surface area contributed by atoms with Gasteiger partial charge in [-0.3, -0.25) is 9.78 Å². The SMILES string of the molecule is C1CCNC1.CC.Cc1nc(NCCNC=O)cc(Nc2ncc(-c3ccncc3)s2)n1. The summed E-state index contributed by atoms with van der Waals surface area (Å²) >= 11 is 1.54. The molecule has 9 nitrogen and oxygen atoms in total. The minimum absolute atomic E-state index is 0.525. The average Bonchev–Trinajstić information content (AvgIpc) is 3.54. The molecule has 3 aromatic rings. The van der Waals surface area contributed by atoms with E-state index in [1.165, 1.54) is 37.3 Å². The van der Waals surface area contributed by atoms with Gasteiger partial charge in [-0.05, 0) is 50.6 Å². The second-order valence-corrected chi connectivity index (χ2v) is 7.56. The van der Waals surface area contributed by atoms with Crippen molar-refractivity contribution < 1.29 is 4.79 Å². The first-order valence-corrected chi connectivity index (χ1v) is 11.7. The highest BCUT2D eigenvalue weighted by atomic mass is 32.1. The number of aryl methyl sites for hydroxylation is 1. The largest absolute Gasteiger partial charge is 0.368 e. The fraction of sp³-hybridized carbons (Fsp3) is 0.409. The molecule has 32 heavy (non-hydrogen) atoms. The molecular formula is C22H32N8OS. The topological polar surface area (TPSA) is 117 Å². The molecule has 4 heterocycles. The van der Waals surface area contributed by atoms with E-state index in [4.69, 9.17) is 0 Å². The number of nitrogens with one attached hydrogen (secondary N) is 4. The predicted octanol–water partition coefficient (Wildman–Crippen LogP) is 3.60. The first-order valence-electron chi connectivity index (χ1n) is 10.8. The van der Waals surface area contributed by atoms with Gasteiger partial charge in [-0.1, -0.05) is 25.2 Å². The van der Waals surface area contributed by atoms with E-state index in [0.717, 1.165) is 15.6 Å². The van der Waals surface area contributed by atoms with Gasteiger partial charge >= 0.3 is 0 Å². The van der Waals surface area contributed by atoms with Crippen molar-refractivity contribution in [2.24, 2.45) is 0 Å². The van der Waals surface area contributed by atoms with Crippen LogP contribution in [-0.2, 0) is 4.79 Å². The zero-order chi connectivity index (χ0) is 23.0. The number of nitrogens with zero attached hydrogens (tertiary/aromatic N) is 4. The Labute approximate surface area is 193 Å². The zero-order valence-corrected chi connectivity index (χ0v) is 19.7. The van der Waals surface area contributed by atoms with Crippen molar-refractivity contribution in [1.29, 1.82) is 0 Å². The first kappa shape index (κ1) is 25.2. The standard InChI is InChI=1S/C16H17N7OS.C4H9N.C2H6/c1-11-21-14(19-7-6-18-10-24)8-15(22-11)23-16-20-9-13(25-16)12-2-4-17-5-3-12;1-2-4-5-3-1;1-2/h2-5,8-10H,6-7H2,1H3,(H,18,24)(H2,19,20,21,22,23);5H,1-4H2;1-2H3. The minimum atomic E-state index is 0.525. The molecule has 0 aromatic carbocycles. The third-order valence-electron chi connectivity index (χ3n) is 4.16. The normalized spacial score (nSPS) is 12.0. The van der Waals surface area contributed by atoms with Gasteiger partial charge in [0.25, 0.3) is 0 Å². The van der Waals surface area contributed by atoms with E-state index in [2.05, 4.69) is 41.2 Å². The summed E-state index contributed by atoms with van der Waals surface area (Å²) in [6, 6.07) is 5.70. The molecule has 1 aliphatic heterocycles. The van der Waals surface area contributed by atoms with Gasteiger partial charge in [0.1, 0.15) is 17.5 Å². The fourth-order valence-electron chi connectivity index (χ4n) is 2.76. The van der Waals surface area contributed by atoms with Crippen molar-refractivity contribution in [3.05, 3.63) is 42.6 Å². The number of carbonyl (C=O) groups excluding carboxylic acids is 1. The van der Waals surface area contributed by atoms with Crippen LogP contribution in [0.3, 0.4) is 0 Å². The highest BCUT2D eigenvalue weighted by molar-refractivity contribution is 7.18. The Morgan fingerprint density at radius 3 is 2.47 bits per heavy atom. The van der Waals surface area contributed by atoms with Crippen molar-refractivity contribution in [1.82, 2.24) is 30.6 Å². The Morgan fingerprint density at radius 2 is 1.81 bits per heavy atom. The van der Waals surface area contributed by atoms with Crippen LogP contribution in [0.15, 0.2) is 36.8 Å². The molecule has 1 aliphatic rings. The Bertz CT molecular complexity index is 908. The van der Waals surface area contributed by atoms with Gasteiger partial charge in [0.2, 0.25) is 6.41 Å². The van der Waals surface area contributed by atoms with E-state index in [-0.39, 0.29) is 0 Å². The highest BCUT2D eigenvalue weighted by Crippen LogP contribution is 2.30. The molecule has 0 radical (unpaired) electrons. The van der Waals surface area contributed by atoms with E-state index in [1.807, 2.05) is 39.1 Å². The van der Waals surface area contributed by atoms with Gasteiger partial charge in [-0.15, -0.1) is 0 Å². The Morgan fingerprint density at radius 1 is 1.09 bits per heavy atom. The number of anilines is 3. The molecule has 0 unspecified atom stereocenters. The number of carbonyl (C=O) groups is 1. The fourth-order valence-corrected chi connectivity index (χ4v) is 3.59. The second kappa shape index (κ2) is 14.8. The van der Waals surface area contributed by atoms with Crippen molar-refractivity contribution in [3.63, 3.8) is 0 Å². The van der Waals surface area contributed by atoms with Crippen molar-refractivity contribution in [2.75, 3.05) is 36.8 Å². The monoisotopic (exact) mass is 456 g/mol. The van der Waals surface area contributed by atoms with Crippen molar-refractivity contribution in [2.45, 2.75) is 33.6 Å². The Kier molecular flexibility index (Phi) is 11.6. The van der Waals surface area contributed by atoms with Gasteiger partial charge in [-0.2, -0.15) is 0 Å². The van der Waals surface area contributed by atoms with E-state index in [9.17, 15) is 4.79 Å². The molecular weight excluding hydrogens is 424 g/mol. The van der Waals surface area contributed by atoms with Gasteiger partial charge in [0, 0.05) is 37.7 Å². The van der Waals surface area contributed by atoms with Crippen LogP contribution < -0.4 is 21.3 Å². The van der Waals surface area contributed by atoms with Gasteiger partial charge in [0.15, 0.2) is 5.13 Å². The summed E-state index contributed by atoms with van der Waals surface area (Å²) in [6.07, 6.45) is 8.78. The summed E-state index contributed by atoms with van der Waals surface area (Å²) in [5, 5.41) is 12.9. The lowest BCUT2D eigenvalue weighted by atomic mass is 10.2. The maximum atomic E-state index is 10.2. The zero-order valence-electron chi connectivity index (χ0n) is 18.9. The third kappa shape index (κ3) is 8.94. The molecule has 1 fully saturated rings. The van der Waals surface area contributed by atoms with Crippen LogP contribution >= 0.6 is 11.3 Å². The molecule has 3 aromatic heterocycles. The van der Waals surface area contributed by atoms with Crippen LogP contribution in [0.4, 0.5) is 16.8 Å². The Hall–Kier alpha value is -3.11. The van der Waals surface area contributed by atoms with E-state index >= 15 is 0 Å². The quantitative estimate of drug-likeness (QED) is 0.300. The van der Waals surface area contributed by atoms with E-state index < -0.39 is 0 Å². The number of hydrogen-bond acceptors (Lipinski definition) is 9. The van der Waals surface area contributed by atoms with Crippen LogP contribution in [0.5, 0.6) is 0 Å². The molecule has 0 saturated carbocycles. The van der Waals surface area contributed by atoms with Crippen molar-refractivity contribution in [3.8, 4) is 10.4 Å². The average molecular weight is 457 g/mol. The number of aromatic nitrogens is 4. The van der Waals surface area contributed by atoms with Crippen LogP contribution in [0, 0.1) is 6.92 Å². The number of amides is 1. The molecule has 0 bridgehead atoms. The summed E-state index contributed by atoms with van der Waals surface area (Å²) in [5.41, 5.74) is 1.07. The second-order valence-electron chi connectivity index (χ2n) is 6.53. The summed E-state index contributed by atoms with van der Waals surface area (Å²) in [4.78, 5) is 28.4. The molecule has 10 heteroatoms. The molecule has 0 spiro atoms. The maximum Gasteiger partial charge on any atom is 0.207 e. The molecule has 0 aliphatic carbocycles. The number of rotatable bonds is 8. The molecule has 4 rings (SSSR count). The summed E-state index contributed by atoms with van der Waals surface area (Å²) in [7, 11) is 0. The van der Waals surface area contributed by atoms with Crippen LogP contribution in [0.2, 0.25) is 0 Å². The third-order valence-corrected chi connectivity index (χ3v) is 5.12. The van der Waals surface area contributed by atoms with Gasteiger partial charge < -0.3 is 21.3 Å².